The molecule has 1 aromatic rings. The van der Waals surface area contributed by atoms with E-state index in [0.29, 0.717) is 0 Å². The average molecular weight is 401 g/mol. The van der Waals surface area contributed by atoms with Crippen molar-refractivity contribution in [2.24, 2.45) is 0 Å². The van der Waals surface area contributed by atoms with Gasteiger partial charge in [0.2, 0.25) is 15.9 Å². The maximum atomic E-state index is 14.2. The summed E-state index contributed by atoms with van der Waals surface area (Å²) in [6.07, 6.45) is 0.0145. The van der Waals surface area contributed by atoms with E-state index < -0.39 is 20.7 Å². The second-order valence-electron chi connectivity index (χ2n) is 4.40. The number of nitrogens with zero attached hydrogens (tertiary/aromatic N) is 1. The molecule has 0 aromatic heterocycles. The molecule has 0 saturated carbocycles. The standard InChI is InChI=1S/C11H12BrClFN3O3S/c12-9-6(13)5-7(10(14)11(9)15)21(19,20)17-3-1-8(18)16-2-4-17/h5H,1-4,15H2,(H,16,18). The van der Waals surface area contributed by atoms with Crippen LogP contribution in [0.3, 0.4) is 0 Å². The van der Waals surface area contributed by atoms with Gasteiger partial charge in [0.05, 0.1) is 15.2 Å². The number of nitrogen functional groups attached to an aromatic ring is 1. The molecule has 0 atom stereocenters. The van der Waals surface area contributed by atoms with Crippen molar-refractivity contribution in [2.45, 2.75) is 11.3 Å². The van der Waals surface area contributed by atoms with Gasteiger partial charge in [-0.15, -0.1) is 0 Å². The summed E-state index contributed by atoms with van der Waals surface area (Å²) in [7, 11) is -4.12. The van der Waals surface area contributed by atoms with Crippen LogP contribution in [0.2, 0.25) is 5.02 Å². The number of sulfonamides is 1. The van der Waals surface area contributed by atoms with E-state index in [0.717, 1.165) is 10.4 Å². The first-order valence-electron chi connectivity index (χ1n) is 5.95. The minimum atomic E-state index is -4.12. The van der Waals surface area contributed by atoms with Crippen molar-refractivity contribution in [2.75, 3.05) is 25.4 Å². The topological polar surface area (TPSA) is 92.5 Å². The molecule has 0 bridgehead atoms. The Bertz CT molecular complexity index is 698. The van der Waals surface area contributed by atoms with Crippen LogP contribution in [0, 0.1) is 5.82 Å². The van der Waals surface area contributed by atoms with Crippen LogP contribution >= 0.6 is 27.5 Å². The summed E-state index contributed by atoms with van der Waals surface area (Å²) in [5.74, 6) is -1.31. The van der Waals surface area contributed by atoms with Crippen molar-refractivity contribution < 1.29 is 17.6 Å². The Labute approximate surface area is 134 Å². The highest BCUT2D eigenvalue weighted by atomic mass is 79.9. The third-order valence-corrected chi connectivity index (χ3v) is 6.32. The van der Waals surface area contributed by atoms with Crippen molar-refractivity contribution >= 4 is 49.1 Å². The number of hydrogen-bond acceptors (Lipinski definition) is 4. The molecule has 0 radical (unpaired) electrons. The smallest absolute Gasteiger partial charge is 0.246 e. The van der Waals surface area contributed by atoms with E-state index in [9.17, 15) is 17.6 Å². The molecule has 0 unspecified atom stereocenters. The summed E-state index contributed by atoms with van der Waals surface area (Å²) in [6.45, 7) is 0.196. The molecule has 2 rings (SSSR count). The number of hydrogen-bond donors (Lipinski definition) is 2. The van der Waals surface area contributed by atoms with Crippen LogP contribution in [-0.4, -0.2) is 38.3 Å². The molecule has 1 fully saturated rings. The quantitative estimate of drug-likeness (QED) is 0.579. The fourth-order valence-corrected chi connectivity index (χ4v) is 4.02. The lowest BCUT2D eigenvalue weighted by atomic mass is 10.3. The second-order valence-corrected chi connectivity index (χ2v) is 7.51. The number of halogens is 3. The molecule has 6 nitrogen and oxygen atoms in total. The van der Waals surface area contributed by atoms with Crippen molar-refractivity contribution in [3.63, 3.8) is 0 Å². The lowest BCUT2D eigenvalue weighted by Gasteiger charge is -2.20. The van der Waals surface area contributed by atoms with Gasteiger partial charge in [-0.2, -0.15) is 4.31 Å². The van der Waals surface area contributed by atoms with Crippen LogP contribution in [0.1, 0.15) is 6.42 Å². The number of benzene rings is 1. The Balaban J connectivity index is 2.47. The molecule has 3 N–H and O–H groups in total. The van der Waals surface area contributed by atoms with E-state index in [2.05, 4.69) is 21.2 Å². The summed E-state index contributed by atoms with van der Waals surface area (Å²) >= 11 is 8.84. The molecule has 1 heterocycles. The van der Waals surface area contributed by atoms with Gasteiger partial charge in [0.15, 0.2) is 5.82 Å². The molecule has 1 amide bonds. The van der Waals surface area contributed by atoms with Crippen LogP contribution in [0.4, 0.5) is 10.1 Å². The number of carbonyl (C=O) groups is 1. The molecule has 1 aliphatic rings. The second kappa shape index (κ2) is 6.07. The number of nitrogens with two attached hydrogens (primary N) is 1. The lowest BCUT2D eigenvalue weighted by Crippen LogP contribution is -2.34. The lowest BCUT2D eigenvalue weighted by molar-refractivity contribution is -0.120. The third kappa shape index (κ3) is 3.15. The Morgan fingerprint density at radius 1 is 1.43 bits per heavy atom. The summed E-state index contributed by atoms with van der Waals surface area (Å²) in [5.41, 5.74) is 5.14. The minimum absolute atomic E-state index is 0.00324. The molecular formula is C11H12BrClFN3O3S. The van der Waals surface area contributed by atoms with Gasteiger partial charge in [-0.05, 0) is 22.0 Å². The highest BCUT2D eigenvalue weighted by Gasteiger charge is 2.31. The summed E-state index contributed by atoms with van der Waals surface area (Å²) in [4.78, 5) is 10.7. The van der Waals surface area contributed by atoms with Crippen molar-refractivity contribution in [3.8, 4) is 0 Å². The van der Waals surface area contributed by atoms with E-state index in [-0.39, 0.29) is 47.1 Å². The molecule has 0 spiro atoms. The van der Waals surface area contributed by atoms with Gasteiger partial charge >= 0.3 is 0 Å². The zero-order valence-electron chi connectivity index (χ0n) is 10.7. The molecule has 0 aliphatic carbocycles. The maximum Gasteiger partial charge on any atom is 0.246 e. The summed E-state index contributed by atoms with van der Waals surface area (Å²) in [6, 6.07) is 1.01. The van der Waals surface area contributed by atoms with Gasteiger partial charge in [-0.25, -0.2) is 12.8 Å². The van der Waals surface area contributed by atoms with E-state index in [1.807, 2.05) is 0 Å². The van der Waals surface area contributed by atoms with Gasteiger partial charge in [-0.3, -0.25) is 4.79 Å². The highest BCUT2D eigenvalue weighted by Crippen LogP contribution is 2.35. The zero-order chi connectivity index (χ0) is 15.8. The molecule has 1 saturated heterocycles. The molecule has 1 aliphatic heterocycles. The SMILES string of the molecule is Nc1c(F)c(S(=O)(=O)N2CCNC(=O)CC2)cc(Cl)c1Br. The first kappa shape index (κ1) is 16.5. The fourth-order valence-electron chi connectivity index (χ4n) is 1.91. The first-order valence-corrected chi connectivity index (χ1v) is 8.56. The Hall–Kier alpha value is -0.900. The minimum Gasteiger partial charge on any atom is -0.395 e. The zero-order valence-corrected chi connectivity index (χ0v) is 13.9. The van der Waals surface area contributed by atoms with Gasteiger partial charge in [0.1, 0.15) is 4.90 Å². The number of anilines is 1. The first-order chi connectivity index (χ1) is 9.75. The predicted octanol–water partition coefficient (Wildman–Crippen LogP) is 1.33. The Morgan fingerprint density at radius 3 is 2.76 bits per heavy atom. The monoisotopic (exact) mass is 399 g/mol. The molecule has 10 heteroatoms. The Kier molecular flexibility index (Phi) is 4.76. The van der Waals surface area contributed by atoms with Gasteiger partial charge < -0.3 is 11.1 Å². The number of nitrogens with one attached hydrogen (secondary N) is 1. The molecular weight excluding hydrogens is 389 g/mol. The van der Waals surface area contributed by atoms with Crippen molar-refractivity contribution in [1.82, 2.24) is 9.62 Å². The fraction of sp³-hybridized carbons (Fsp3) is 0.364. The third-order valence-electron chi connectivity index (χ3n) is 3.05. The number of carbonyl (C=O) groups excluding carboxylic acids is 1. The number of rotatable bonds is 2. The van der Waals surface area contributed by atoms with E-state index >= 15 is 0 Å². The molecule has 21 heavy (non-hydrogen) atoms. The average Bonchev–Trinajstić information content (AvgIpc) is 2.65. The molecule has 1 aromatic carbocycles. The van der Waals surface area contributed by atoms with Crippen LogP contribution < -0.4 is 11.1 Å². The van der Waals surface area contributed by atoms with Gasteiger partial charge in [-0.1, -0.05) is 11.6 Å². The van der Waals surface area contributed by atoms with Crippen LogP contribution in [0.25, 0.3) is 0 Å². The normalized spacial score (nSPS) is 17.4. The predicted molar refractivity (Wildman–Crippen MR) is 79.9 cm³/mol. The summed E-state index contributed by atoms with van der Waals surface area (Å²) in [5, 5.41) is 2.54. The number of amides is 1. The van der Waals surface area contributed by atoms with E-state index in [1.165, 1.54) is 0 Å². The largest absolute Gasteiger partial charge is 0.395 e. The van der Waals surface area contributed by atoms with Gasteiger partial charge in [0.25, 0.3) is 0 Å². The van der Waals surface area contributed by atoms with Crippen LogP contribution in [0.5, 0.6) is 0 Å². The molecule has 116 valence electrons. The van der Waals surface area contributed by atoms with E-state index in [4.69, 9.17) is 17.3 Å². The van der Waals surface area contributed by atoms with Crippen LogP contribution in [-0.2, 0) is 14.8 Å². The van der Waals surface area contributed by atoms with E-state index in [1.54, 1.807) is 0 Å². The summed E-state index contributed by atoms with van der Waals surface area (Å²) < 4.78 is 40.3. The van der Waals surface area contributed by atoms with Crippen LogP contribution in [0.15, 0.2) is 15.4 Å². The van der Waals surface area contributed by atoms with Crippen molar-refractivity contribution in [1.29, 1.82) is 0 Å². The maximum absolute atomic E-state index is 14.2. The van der Waals surface area contributed by atoms with Gasteiger partial charge in [0, 0.05) is 26.1 Å². The van der Waals surface area contributed by atoms with Crippen molar-refractivity contribution in [3.05, 3.63) is 21.4 Å². The highest BCUT2D eigenvalue weighted by molar-refractivity contribution is 9.10. The Morgan fingerprint density at radius 2 is 2.10 bits per heavy atom.